The first-order valence-corrected chi connectivity index (χ1v) is 7.18. The molecule has 1 saturated heterocycles. The van der Waals surface area contributed by atoms with Gasteiger partial charge in [0.05, 0.1) is 23.7 Å². The first kappa shape index (κ1) is 12.9. The Morgan fingerprint density at radius 2 is 2.07 bits per heavy atom. The second-order valence-electron chi connectivity index (χ2n) is 5.01. The molecule has 1 atom stereocenters. The van der Waals surface area contributed by atoms with Gasteiger partial charge in [0.15, 0.2) is 9.84 Å². The van der Waals surface area contributed by atoms with Crippen molar-refractivity contribution in [1.29, 1.82) is 0 Å². The smallest absolute Gasteiger partial charge is 0.151 e. The number of nitrogens with one attached hydrogen (secondary N) is 1. The Bertz CT molecular complexity index is 292. The maximum absolute atomic E-state index is 11.2. The monoisotopic (exact) mass is 235 g/mol. The molecule has 1 heterocycles. The van der Waals surface area contributed by atoms with Crippen molar-refractivity contribution >= 4 is 9.84 Å². The lowest BCUT2D eigenvalue weighted by Crippen LogP contribution is -2.34. The zero-order valence-electron chi connectivity index (χ0n) is 9.75. The van der Waals surface area contributed by atoms with Crippen LogP contribution in [0.25, 0.3) is 0 Å². The quantitative estimate of drug-likeness (QED) is 0.724. The van der Waals surface area contributed by atoms with Gasteiger partial charge < -0.3 is 10.1 Å². The van der Waals surface area contributed by atoms with Crippen molar-refractivity contribution in [3.63, 3.8) is 0 Å². The van der Waals surface area contributed by atoms with E-state index in [1.165, 1.54) is 0 Å². The molecular formula is C10H21NO3S. The fourth-order valence-electron chi connectivity index (χ4n) is 1.58. The average Bonchev–Trinajstić information content (AvgIpc) is 2.38. The van der Waals surface area contributed by atoms with Gasteiger partial charge in [0, 0.05) is 12.6 Å². The van der Waals surface area contributed by atoms with Crippen molar-refractivity contribution in [1.82, 2.24) is 5.32 Å². The number of sulfone groups is 1. The molecular weight excluding hydrogens is 214 g/mol. The first-order valence-electron chi connectivity index (χ1n) is 5.36. The molecule has 1 rings (SSSR count). The zero-order valence-corrected chi connectivity index (χ0v) is 10.6. The predicted molar refractivity (Wildman–Crippen MR) is 60.8 cm³/mol. The third-order valence-corrected chi connectivity index (χ3v) is 4.07. The molecule has 0 aromatic carbocycles. The van der Waals surface area contributed by atoms with Crippen LogP contribution in [-0.2, 0) is 14.6 Å². The summed E-state index contributed by atoms with van der Waals surface area (Å²) >= 11 is 0. The minimum Gasteiger partial charge on any atom is -0.375 e. The van der Waals surface area contributed by atoms with Gasteiger partial charge >= 0.3 is 0 Å². The summed E-state index contributed by atoms with van der Waals surface area (Å²) in [5.74, 6) is 0.604. The normalized spacial score (nSPS) is 25.7. The Kier molecular flexibility index (Phi) is 4.14. The molecule has 5 heteroatoms. The van der Waals surface area contributed by atoms with Gasteiger partial charge in [-0.3, -0.25) is 0 Å². The zero-order chi connectivity index (χ0) is 11.5. The van der Waals surface area contributed by atoms with E-state index >= 15 is 0 Å². The predicted octanol–water partition coefficient (Wildman–Crippen LogP) is 0.578. The van der Waals surface area contributed by atoms with Gasteiger partial charge in [-0.25, -0.2) is 8.42 Å². The van der Waals surface area contributed by atoms with Crippen molar-refractivity contribution in [2.24, 2.45) is 0 Å². The Morgan fingerprint density at radius 1 is 1.40 bits per heavy atom. The van der Waals surface area contributed by atoms with Gasteiger partial charge in [0.1, 0.15) is 0 Å². The molecule has 0 bridgehead atoms. The lowest BCUT2D eigenvalue weighted by molar-refractivity contribution is -0.00141. The fraction of sp³-hybridized carbons (Fsp3) is 1.00. The van der Waals surface area contributed by atoms with Gasteiger partial charge in [-0.05, 0) is 27.2 Å². The highest BCUT2D eigenvalue weighted by Gasteiger charge is 2.27. The SMILES string of the molecule is CC(C)(C)OCCNC1CCS(=O)(=O)C1. The first-order chi connectivity index (χ1) is 6.79. The third kappa shape index (κ3) is 5.49. The van der Waals surface area contributed by atoms with E-state index in [-0.39, 0.29) is 17.4 Å². The molecule has 1 aliphatic heterocycles. The van der Waals surface area contributed by atoms with Crippen LogP contribution in [0.5, 0.6) is 0 Å². The van der Waals surface area contributed by atoms with E-state index < -0.39 is 9.84 Å². The van der Waals surface area contributed by atoms with E-state index in [9.17, 15) is 8.42 Å². The third-order valence-electron chi connectivity index (χ3n) is 2.30. The highest BCUT2D eigenvalue weighted by Crippen LogP contribution is 2.11. The van der Waals surface area contributed by atoms with Crippen LogP contribution in [0.1, 0.15) is 27.2 Å². The summed E-state index contributed by atoms with van der Waals surface area (Å²) < 4.78 is 27.9. The standard InChI is InChI=1S/C10H21NO3S/c1-10(2,3)14-6-5-11-9-4-7-15(12,13)8-9/h9,11H,4-8H2,1-3H3. The van der Waals surface area contributed by atoms with Crippen LogP contribution in [-0.4, -0.2) is 44.7 Å². The van der Waals surface area contributed by atoms with Crippen LogP contribution < -0.4 is 5.32 Å². The molecule has 0 radical (unpaired) electrons. The second kappa shape index (κ2) is 4.80. The molecule has 4 nitrogen and oxygen atoms in total. The maximum atomic E-state index is 11.2. The lowest BCUT2D eigenvalue weighted by atomic mass is 10.2. The fourth-order valence-corrected chi connectivity index (χ4v) is 3.28. The molecule has 90 valence electrons. The molecule has 0 spiro atoms. The molecule has 0 aliphatic carbocycles. The molecule has 0 aromatic heterocycles. The maximum Gasteiger partial charge on any atom is 0.151 e. The minimum absolute atomic E-state index is 0.122. The summed E-state index contributed by atoms with van der Waals surface area (Å²) in [6.45, 7) is 7.37. The van der Waals surface area contributed by atoms with E-state index in [0.717, 1.165) is 13.0 Å². The van der Waals surface area contributed by atoms with Gasteiger partial charge in [-0.1, -0.05) is 0 Å². The summed E-state index contributed by atoms with van der Waals surface area (Å²) in [4.78, 5) is 0. The average molecular weight is 235 g/mol. The molecule has 0 amide bonds. The van der Waals surface area contributed by atoms with Crippen molar-refractivity contribution in [3.8, 4) is 0 Å². The van der Waals surface area contributed by atoms with Gasteiger partial charge in [-0.15, -0.1) is 0 Å². The van der Waals surface area contributed by atoms with Gasteiger partial charge in [0.2, 0.25) is 0 Å². The lowest BCUT2D eigenvalue weighted by Gasteiger charge is -2.20. The van der Waals surface area contributed by atoms with Crippen LogP contribution in [0.3, 0.4) is 0 Å². The van der Waals surface area contributed by atoms with E-state index in [1.807, 2.05) is 20.8 Å². The molecule has 1 N–H and O–H groups in total. The Balaban J connectivity index is 2.12. The van der Waals surface area contributed by atoms with Crippen LogP contribution >= 0.6 is 0 Å². The summed E-state index contributed by atoms with van der Waals surface area (Å²) in [5.41, 5.74) is -0.122. The van der Waals surface area contributed by atoms with E-state index in [0.29, 0.717) is 12.4 Å². The topological polar surface area (TPSA) is 55.4 Å². The van der Waals surface area contributed by atoms with Crippen LogP contribution in [0.4, 0.5) is 0 Å². The Labute approximate surface area is 92.3 Å². The van der Waals surface area contributed by atoms with Crippen molar-refractivity contribution < 1.29 is 13.2 Å². The van der Waals surface area contributed by atoms with Gasteiger partial charge in [0.25, 0.3) is 0 Å². The summed E-state index contributed by atoms with van der Waals surface area (Å²) in [7, 11) is -2.76. The van der Waals surface area contributed by atoms with E-state index in [4.69, 9.17) is 4.74 Å². The number of hydrogen-bond donors (Lipinski definition) is 1. The highest BCUT2D eigenvalue weighted by atomic mass is 32.2. The molecule has 0 saturated carbocycles. The highest BCUT2D eigenvalue weighted by molar-refractivity contribution is 7.91. The molecule has 1 aliphatic rings. The van der Waals surface area contributed by atoms with Gasteiger partial charge in [-0.2, -0.15) is 0 Å². The Morgan fingerprint density at radius 3 is 2.53 bits per heavy atom. The number of hydrogen-bond acceptors (Lipinski definition) is 4. The van der Waals surface area contributed by atoms with E-state index in [2.05, 4.69) is 5.32 Å². The van der Waals surface area contributed by atoms with Crippen LogP contribution in [0, 0.1) is 0 Å². The minimum atomic E-state index is -2.76. The van der Waals surface area contributed by atoms with Crippen molar-refractivity contribution in [3.05, 3.63) is 0 Å². The number of ether oxygens (including phenoxy) is 1. The van der Waals surface area contributed by atoms with Crippen LogP contribution in [0.15, 0.2) is 0 Å². The summed E-state index contributed by atoms with van der Waals surface area (Å²) in [5, 5.41) is 3.21. The summed E-state index contributed by atoms with van der Waals surface area (Å²) in [6.07, 6.45) is 0.734. The van der Waals surface area contributed by atoms with Crippen molar-refractivity contribution in [2.75, 3.05) is 24.7 Å². The molecule has 0 aromatic rings. The van der Waals surface area contributed by atoms with E-state index in [1.54, 1.807) is 0 Å². The molecule has 1 fully saturated rings. The Hall–Kier alpha value is -0.130. The van der Waals surface area contributed by atoms with Crippen molar-refractivity contribution in [2.45, 2.75) is 38.8 Å². The molecule has 1 unspecified atom stereocenters. The van der Waals surface area contributed by atoms with Crippen LogP contribution in [0.2, 0.25) is 0 Å². The second-order valence-corrected chi connectivity index (χ2v) is 7.24. The number of rotatable bonds is 4. The molecule has 15 heavy (non-hydrogen) atoms. The summed E-state index contributed by atoms with van der Waals surface area (Å²) in [6, 6.07) is 0.124. The largest absolute Gasteiger partial charge is 0.375 e.